The van der Waals surface area contributed by atoms with Crippen LogP contribution in [0.4, 0.5) is 0 Å². The van der Waals surface area contributed by atoms with Crippen LogP contribution in [-0.4, -0.2) is 39.5 Å². The first kappa shape index (κ1) is 20.2. The lowest BCUT2D eigenvalue weighted by Crippen LogP contribution is -2.09. The largest absolute Gasteiger partial charge is 0.491 e. The van der Waals surface area contributed by atoms with Crippen LogP contribution in [0.15, 0.2) is 55.1 Å². The summed E-state index contributed by atoms with van der Waals surface area (Å²) >= 11 is 0. The lowest BCUT2D eigenvalue weighted by molar-refractivity contribution is 0.0498. The first-order valence-corrected chi connectivity index (χ1v) is 8.35. The summed E-state index contributed by atoms with van der Waals surface area (Å²) in [5, 5.41) is 8.77. The third kappa shape index (κ3) is 6.59. The second-order valence-electron chi connectivity index (χ2n) is 5.48. The number of hydrogen-bond donors (Lipinski definition) is 0. The van der Waals surface area contributed by atoms with Crippen molar-refractivity contribution >= 4 is 11.7 Å². The Bertz CT molecular complexity index is 791. The van der Waals surface area contributed by atoms with Crippen LogP contribution < -0.4 is 4.74 Å². The second kappa shape index (κ2) is 10.8. The third-order valence-corrected chi connectivity index (χ3v) is 3.57. The smallest absolute Gasteiger partial charge is 0.343 e. The fourth-order valence-electron chi connectivity index (χ4n) is 2.11. The Morgan fingerprint density at radius 1 is 0.963 bits per heavy atom. The van der Waals surface area contributed by atoms with Gasteiger partial charge in [0.05, 0.1) is 37.0 Å². The second-order valence-corrected chi connectivity index (χ2v) is 5.48. The number of nitriles is 1. The Morgan fingerprint density at radius 3 is 2.22 bits per heavy atom. The van der Waals surface area contributed by atoms with E-state index in [9.17, 15) is 4.79 Å². The number of hydrogen-bond acceptors (Lipinski definition) is 6. The molecule has 0 aromatic heterocycles. The zero-order valence-electron chi connectivity index (χ0n) is 15.1. The van der Waals surface area contributed by atoms with Crippen LogP contribution in [0.3, 0.4) is 0 Å². The van der Waals surface area contributed by atoms with Crippen molar-refractivity contribution in [3.8, 4) is 11.8 Å². The van der Waals surface area contributed by atoms with Gasteiger partial charge in [0.2, 0.25) is 0 Å². The standard InChI is InChI=1S/C21H21NO5/c1-16(26-14-13-25-12-11-24-2)18-5-7-19(8-6-18)21(23)27-20-9-3-17(15-22)4-10-20/h3-10H,1,11-14H2,2H3. The van der Waals surface area contributed by atoms with Crippen LogP contribution in [0.25, 0.3) is 5.76 Å². The fraction of sp³-hybridized carbons (Fsp3) is 0.238. The monoisotopic (exact) mass is 367 g/mol. The molecule has 0 spiro atoms. The van der Waals surface area contributed by atoms with Gasteiger partial charge in [-0.05, 0) is 36.4 Å². The highest BCUT2D eigenvalue weighted by Crippen LogP contribution is 2.17. The summed E-state index contributed by atoms with van der Waals surface area (Å²) < 4.78 is 21.0. The lowest BCUT2D eigenvalue weighted by atomic mass is 10.1. The number of benzene rings is 2. The van der Waals surface area contributed by atoms with E-state index in [2.05, 4.69) is 6.58 Å². The van der Waals surface area contributed by atoms with Crippen LogP contribution in [0.1, 0.15) is 21.5 Å². The Labute approximate surface area is 158 Å². The molecule has 0 amide bonds. The third-order valence-electron chi connectivity index (χ3n) is 3.57. The minimum atomic E-state index is -0.482. The van der Waals surface area contributed by atoms with E-state index in [0.29, 0.717) is 49.1 Å². The van der Waals surface area contributed by atoms with Crippen LogP contribution in [0, 0.1) is 11.3 Å². The minimum Gasteiger partial charge on any atom is -0.491 e. The summed E-state index contributed by atoms with van der Waals surface area (Å²) in [6.45, 7) is 5.75. The molecular formula is C21H21NO5. The van der Waals surface area contributed by atoms with Crippen LogP contribution in [0.5, 0.6) is 5.75 Å². The van der Waals surface area contributed by atoms with E-state index in [4.69, 9.17) is 24.2 Å². The van der Waals surface area contributed by atoms with Crippen LogP contribution >= 0.6 is 0 Å². The number of nitrogens with zero attached hydrogens (tertiary/aromatic N) is 1. The van der Waals surface area contributed by atoms with Gasteiger partial charge >= 0.3 is 5.97 Å². The molecule has 6 heteroatoms. The molecule has 0 aliphatic heterocycles. The topological polar surface area (TPSA) is 77.8 Å². The molecular weight excluding hydrogens is 346 g/mol. The summed E-state index contributed by atoms with van der Waals surface area (Å²) in [7, 11) is 1.62. The Balaban J connectivity index is 1.83. The molecule has 0 N–H and O–H groups in total. The summed E-state index contributed by atoms with van der Waals surface area (Å²) in [5.74, 6) is 0.394. The van der Waals surface area contributed by atoms with Gasteiger partial charge in [-0.25, -0.2) is 4.79 Å². The molecule has 2 aromatic rings. The first-order valence-electron chi connectivity index (χ1n) is 8.35. The zero-order chi connectivity index (χ0) is 19.5. The summed E-state index contributed by atoms with van der Waals surface area (Å²) in [5.41, 5.74) is 1.67. The van der Waals surface area contributed by atoms with Gasteiger partial charge in [0.1, 0.15) is 18.1 Å². The molecule has 0 bridgehead atoms. The van der Waals surface area contributed by atoms with Gasteiger partial charge in [-0.2, -0.15) is 5.26 Å². The quantitative estimate of drug-likeness (QED) is 0.277. The van der Waals surface area contributed by atoms with E-state index in [-0.39, 0.29) is 0 Å². The Morgan fingerprint density at radius 2 is 1.59 bits per heavy atom. The van der Waals surface area contributed by atoms with Crippen molar-refractivity contribution in [3.63, 3.8) is 0 Å². The molecule has 0 fully saturated rings. The molecule has 0 saturated carbocycles. The summed E-state index contributed by atoms with van der Waals surface area (Å²) in [6.07, 6.45) is 0. The Kier molecular flexibility index (Phi) is 8.04. The normalized spacial score (nSPS) is 10.1. The van der Waals surface area contributed by atoms with Gasteiger partial charge in [0.15, 0.2) is 0 Å². The molecule has 27 heavy (non-hydrogen) atoms. The maximum atomic E-state index is 12.2. The molecule has 0 atom stereocenters. The van der Waals surface area contributed by atoms with Gasteiger partial charge in [0.25, 0.3) is 0 Å². The van der Waals surface area contributed by atoms with E-state index in [1.807, 2.05) is 6.07 Å². The predicted molar refractivity (Wildman–Crippen MR) is 100 cm³/mol. The van der Waals surface area contributed by atoms with E-state index < -0.39 is 5.97 Å². The zero-order valence-corrected chi connectivity index (χ0v) is 15.1. The van der Waals surface area contributed by atoms with Crippen molar-refractivity contribution in [3.05, 3.63) is 71.8 Å². The van der Waals surface area contributed by atoms with Crippen molar-refractivity contribution in [2.45, 2.75) is 0 Å². The van der Waals surface area contributed by atoms with Crippen molar-refractivity contribution in [2.24, 2.45) is 0 Å². The first-order chi connectivity index (χ1) is 13.1. The van der Waals surface area contributed by atoms with Crippen molar-refractivity contribution in [1.82, 2.24) is 0 Å². The highest BCUT2D eigenvalue weighted by atomic mass is 16.5. The van der Waals surface area contributed by atoms with E-state index in [1.54, 1.807) is 55.6 Å². The fourth-order valence-corrected chi connectivity index (χ4v) is 2.11. The van der Waals surface area contributed by atoms with E-state index in [0.717, 1.165) is 5.56 Å². The highest BCUT2D eigenvalue weighted by Gasteiger charge is 2.09. The van der Waals surface area contributed by atoms with Crippen LogP contribution in [-0.2, 0) is 14.2 Å². The molecule has 0 unspecified atom stereocenters. The molecule has 0 radical (unpaired) electrons. The SMILES string of the molecule is C=C(OCCOCCOC)c1ccc(C(=O)Oc2ccc(C#N)cc2)cc1. The molecule has 0 aliphatic carbocycles. The summed E-state index contributed by atoms with van der Waals surface area (Å²) in [6, 6.07) is 15.1. The molecule has 0 aliphatic rings. The van der Waals surface area contributed by atoms with Crippen molar-refractivity contribution in [2.75, 3.05) is 33.5 Å². The molecule has 2 aromatic carbocycles. The van der Waals surface area contributed by atoms with E-state index in [1.165, 1.54) is 0 Å². The lowest BCUT2D eigenvalue weighted by Gasteiger charge is -2.10. The Hall–Kier alpha value is -3.14. The predicted octanol–water partition coefficient (Wildman–Crippen LogP) is 3.43. The number of carbonyl (C=O) groups is 1. The van der Waals surface area contributed by atoms with Gasteiger partial charge in [-0.1, -0.05) is 18.7 Å². The number of methoxy groups -OCH3 is 1. The van der Waals surface area contributed by atoms with Gasteiger partial charge in [0, 0.05) is 12.7 Å². The average Bonchev–Trinajstić information content (AvgIpc) is 2.71. The molecule has 6 nitrogen and oxygen atoms in total. The highest BCUT2D eigenvalue weighted by molar-refractivity contribution is 5.91. The number of rotatable bonds is 10. The minimum absolute atomic E-state index is 0.379. The number of carbonyl (C=O) groups excluding carboxylic acids is 1. The number of ether oxygens (including phenoxy) is 4. The molecule has 2 rings (SSSR count). The van der Waals surface area contributed by atoms with Crippen molar-refractivity contribution in [1.29, 1.82) is 5.26 Å². The van der Waals surface area contributed by atoms with Gasteiger partial charge in [-0.15, -0.1) is 0 Å². The number of esters is 1. The maximum Gasteiger partial charge on any atom is 0.343 e. The van der Waals surface area contributed by atoms with Crippen molar-refractivity contribution < 1.29 is 23.7 Å². The van der Waals surface area contributed by atoms with Gasteiger partial charge in [-0.3, -0.25) is 0 Å². The molecule has 140 valence electrons. The molecule has 0 saturated heterocycles. The molecule has 0 heterocycles. The summed E-state index contributed by atoms with van der Waals surface area (Å²) in [4.78, 5) is 12.2. The average molecular weight is 367 g/mol. The van der Waals surface area contributed by atoms with Gasteiger partial charge < -0.3 is 18.9 Å². The van der Waals surface area contributed by atoms with Crippen LogP contribution in [0.2, 0.25) is 0 Å². The van der Waals surface area contributed by atoms with E-state index >= 15 is 0 Å². The maximum absolute atomic E-state index is 12.2.